The standard InChI is InChI=1S/C16H17N3O6/c1-8(14-9(2)18-25-10(14)3)15(20)17-12-5-11(16(21)24-4)6-13(7-12)19(22)23/h5-8H,1-4H3,(H,17,20). The van der Waals surface area contributed by atoms with Crippen molar-refractivity contribution in [3.8, 4) is 0 Å². The van der Waals surface area contributed by atoms with E-state index in [4.69, 9.17) is 4.52 Å². The second-order valence-corrected chi connectivity index (χ2v) is 5.47. The molecule has 1 N–H and O–H groups in total. The van der Waals surface area contributed by atoms with E-state index in [2.05, 4.69) is 15.2 Å². The Bertz CT molecular complexity index is 823. The molecule has 1 atom stereocenters. The summed E-state index contributed by atoms with van der Waals surface area (Å²) >= 11 is 0. The van der Waals surface area contributed by atoms with Gasteiger partial charge in [-0.15, -0.1) is 0 Å². The molecule has 0 aliphatic rings. The van der Waals surface area contributed by atoms with Gasteiger partial charge in [0.05, 0.1) is 29.2 Å². The number of nitrogens with one attached hydrogen (secondary N) is 1. The van der Waals surface area contributed by atoms with Crippen molar-refractivity contribution in [2.24, 2.45) is 0 Å². The summed E-state index contributed by atoms with van der Waals surface area (Å²) < 4.78 is 9.63. The number of methoxy groups -OCH3 is 1. The number of rotatable bonds is 5. The van der Waals surface area contributed by atoms with Crippen LogP contribution in [-0.4, -0.2) is 29.1 Å². The summed E-state index contributed by atoms with van der Waals surface area (Å²) in [5.74, 6) is -1.22. The van der Waals surface area contributed by atoms with Crippen LogP contribution < -0.4 is 5.32 Å². The Hall–Kier alpha value is -3.23. The third-order valence-electron chi connectivity index (χ3n) is 3.73. The number of nitrogens with zero attached hydrogens (tertiary/aromatic N) is 2. The molecule has 1 unspecified atom stereocenters. The van der Waals surface area contributed by atoms with Gasteiger partial charge < -0.3 is 14.6 Å². The molecule has 0 bridgehead atoms. The second kappa shape index (κ2) is 7.12. The molecular weight excluding hydrogens is 330 g/mol. The number of carbonyl (C=O) groups is 2. The molecule has 2 aromatic rings. The van der Waals surface area contributed by atoms with E-state index in [9.17, 15) is 19.7 Å². The molecule has 9 heteroatoms. The fourth-order valence-electron chi connectivity index (χ4n) is 2.51. The molecule has 0 fully saturated rings. The van der Waals surface area contributed by atoms with E-state index in [1.165, 1.54) is 19.2 Å². The van der Waals surface area contributed by atoms with Gasteiger partial charge in [-0.25, -0.2) is 4.79 Å². The number of nitro benzene ring substituents is 1. The van der Waals surface area contributed by atoms with E-state index in [-0.39, 0.29) is 16.9 Å². The number of benzene rings is 1. The van der Waals surface area contributed by atoms with Crippen LogP contribution in [0, 0.1) is 24.0 Å². The van der Waals surface area contributed by atoms with E-state index in [1.807, 2.05) is 0 Å². The minimum absolute atomic E-state index is 0.0306. The first-order valence-electron chi connectivity index (χ1n) is 7.36. The number of aromatic nitrogens is 1. The van der Waals surface area contributed by atoms with Gasteiger partial charge in [0, 0.05) is 23.4 Å². The molecule has 0 aliphatic heterocycles. The van der Waals surface area contributed by atoms with Gasteiger partial charge in [-0.3, -0.25) is 14.9 Å². The number of hydrogen-bond acceptors (Lipinski definition) is 7. The Balaban J connectivity index is 2.32. The number of carbonyl (C=O) groups excluding carboxylic acids is 2. The van der Waals surface area contributed by atoms with E-state index in [0.717, 1.165) is 6.07 Å². The molecule has 2 rings (SSSR count). The number of nitro groups is 1. The summed E-state index contributed by atoms with van der Waals surface area (Å²) in [5, 5.41) is 17.4. The van der Waals surface area contributed by atoms with E-state index >= 15 is 0 Å². The number of anilines is 1. The quantitative estimate of drug-likeness (QED) is 0.501. The Morgan fingerprint density at radius 2 is 2.00 bits per heavy atom. The lowest BCUT2D eigenvalue weighted by Gasteiger charge is -2.12. The van der Waals surface area contributed by atoms with Gasteiger partial charge in [0.1, 0.15) is 5.76 Å². The van der Waals surface area contributed by atoms with Crippen molar-refractivity contribution >= 4 is 23.3 Å². The predicted molar refractivity (Wildman–Crippen MR) is 87.5 cm³/mol. The van der Waals surface area contributed by atoms with Gasteiger partial charge in [-0.1, -0.05) is 5.16 Å². The number of hydrogen-bond donors (Lipinski definition) is 1. The highest BCUT2D eigenvalue weighted by Crippen LogP contribution is 2.26. The maximum atomic E-state index is 12.5. The van der Waals surface area contributed by atoms with Crippen LogP contribution in [-0.2, 0) is 9.53 Å². The summed E-state index contributed by atoms with van der Waals surface area (Å²) in [5.41, 5.74) is 1.00. The fourth-order valence-corrected chi connectivity index (χ4v) is 2.51. The molecule has 0 saturated heterocycles. The molecule has 1 aromatic heterocycles. The zero-order valence-corrected chi connectivity index (χ0v) is 14.2. The number of esters is 1. The van der Waals surface area contributed by atoms with Gasteiger partial charge in [-0.2, -0.15) is 0 Å². The topological polar surface area (TPSA) is 125 Å². The smallest absolute Gasteiger partial charge is 0.338 e. The average Bonchev–Trinajstić information content (AvgIpc) is 2.91. The number of non-ortho nitro benzene ring substituents is 1. The van der Waals surface area contributed by atoms with Gasteiger partial charge in [0.2, 0.25) is 5.91 Å². The number of aryl methyl sites for hydroxylation is 2. The molecule has 1 heterocycles. The first kappa shape index (κ1) is 18.1. The van der Waals surface area contributed by atoms with Gasteiger partial charge >= 0.3 is 5.97 Å². The lowest BCUT2D eigenvalue weighted by Crippen LogP contribution is -2.20. The van der Waals surface area contributed by atoms with E-state index < -0.39 is 22.7 Å². The summed E-state index contributed by atoms with van der Waals surface area (Å²) in [7, 11) is 1.17. The van der Waals surface area contributed by atoms with Crippen LogP contribution in [0.1, 0.15) is 40.2 Å². The molecule has 132 valence electrons. The normalized spacial score (nSPS) is 11.7. The lowest BCUT2D eigenvalue weighted by atomic mass is 9.98. The Kier molecular flexibility index (Phi) is 5.16. The van der Waals surface area contributed by atoms with Crippen molar-refractivity contribution < 1.29 is 23.8 Å². The predicted octanol–water partition coefficient (Wildman–Crippen LogP) is 2.73. The van der Waals surface area contributed by atoms with Gasteiger partial charge in [0.25, 0.3) is 5.69 Å². The third kappa shape index (κ3) is 3.82. The van der Waals surface area contributed by atoms with Crippen molar-refractivity contribution in [3.05, 3.63) is 50.9 Å². The lowest BCUT2D eigenvalue weighted by molar-refractivity contribution is -0.384. The third-order valence-corrected chi connectivity index (χ3v) is 3.73. The van der Waals surface area contributed by atoms with Gasteiger partial charge in [-0.05, 0) is 26.8 Å². The Morgan fingerprint density at radius 3 is 2.52 bits per heavy atom. The Labute approximate surface area is 143 Å². The van der Waals surface area contributed by atoms with Crippen LogP contribution in [0.15, 0.2) is 22.7 Å². The van der Waals surface area contributed by atoms with Crippen LogP contribution in [0.5, 0.6) is 0 Å². The van der Waals surface area contributed by atoms with Gasteiger partial charge in [0.15, 0.2) is 0 Å². The fraction of sp³-hybridized carbons (Fsp3) is 0.312. The highest BCUT2D eigenvalue weighted by molar-refractivity contribution is 5.98. The van der Waals surface area contributed by atoms with Crippen LogP contribution >= 0.6 is 0 Å². The highest BCUT2D eigenvalue weighted by atomic mass is 16.6. The minimum Gasteiger partial charge on any atom is -0.465 e. The monoisotopic (exact) mass is 347 g/mol. The summed E-state index contributed by atoms with van der Waals surface area (Å²) in [6.45, 7) is 5.08. The molecular formula is C16H17N3O6. The van der Waals surface area contributed by atoms with Crippen molar-refractivity contribution in [3.63, 3.8) is 0 Å². The number of amides is 1. The highest BCUT2D eigenvalue weighted by Gasteiger charge is 2.24. The molecule has 0 saturated carbocycles. The molecule has 1 amide bonds. The van der Waals surface area contributed by atoms with Crippen molar-refractivity contribution in [2.75, 3.05) is 12.4 Å². The zero-order valence-electron chi connectivity index (χ0n) is 14.2. The largest absolute Gasteiger partial charge is 0.465 e. The maximum absolute atomic E-state index is 12.5. The summed E-state index contributed by atoms with van der Waals surface area (Å²) in [6, 6.07) is 3.57. The maximum Gasteiger partial charge on any atom is 0.338 e. The van der Waals surface area contributed by atoms with Crippen LogP contribution in [0.4, 0.5) is 11.4 Å². The molecule has 0 aliphatic carbocycles. The summed E-state index contributed by atoms with van der Waals surface area (Å²) in [4.78, 5) is 34.5. The zero-order chi connectivity index (χ0) is 18.7. The Morgan fingerprint density at radius 1 is 1.32 bits per heavy atom. The van der Waals surface area contributed by atoms with Crippen LogP contribution in [0.3, 0.4) is 0 Å². The summed E-state index contributed by atoms with van der Waals surface area (Å²) in [6.07, 6.45) is 0. The van der Waals surface area contributed by atoms with E-state index in [1.54, 1.807) is 20.8 Å². The first-order chi connectivity index (χ1) is 11.7. The molecule has 1 aromatic carbocycles. The molecule has 0 radical (unpaired) electrons. The van der Waals surface area contributed by atoms with E-state index in [0.29, 0.717) is 17.0 Å². The molecule has 9 nitrogen and oxygen atoms in total. The molecule has 0 spiro atoms. The van der Waals surface area contributed by atoms with Crippen molar-refractivity contribution in [2.45, 2.75) is 26.7 Å². The second-order valence-electron chi connectivity index (χ2n) is 5.47. The first-order valence-corrected chi connectivity index (χ1v) is 7.36. The number of ether oxygens (including phenoxy) is 1. The van der Waals surface area contributed by atoms with Crippen LogP contribution in [0.2, 0.25) is 0 Å². The van der Waals surface area contributed by atoms with Crippen LogP contribution in [0.25, 0.3) is 0 Å². The minimum atomic E-state index is -0.738. The van der Waals surface area contributed by atoms with Crippen molar-refractivity contribution in [1.82, 2.24) is 5.16 Å². The average molecular weight is 347 g/mol. The molecule has 25 heavy (non-hydrogen) atoms. The SMILES string of the molecule is COC(=O)c1cc(NC(=O)C(C)c2c(C)noc2C)cc([N+](=O)[O-])c1. The van der Waals surface area contributed by atoms with Crippen molar-refractivity contribution in [1.29, 1.82) is 0 Å².